The van der Waals surface area contributed by atoms with E-state index < -0.39 is 5.60 Å². The first-order valence-corrected chi connectivity index (χ1v) is 10.5. The van der Waals surface area contributed by atoms with Gasteiger partial charge in [0, 0.05) is 18.8 Å². The van der Waals surface area contributed by atoms with Crippen LogP contribution in [0, 0.1) is 0 Å². The molecule has 1 N–H and O–H groups in total. The van der Waals surface area contributed by atoms with Gasteiger partial charge in [-0.15, -0.1) is 0 Å². The number of amides is 1. The highest BCUT2D eigenvalue weighted by Gasteiger charge is 2.42. The number of para-hydroxylation sites is 1. The molecule has 1 saturated heterocycles. The zero-order valence-electron chi connectivity index (χ0n) is 17.5. The second-order valence-corrected chi connectivity index (χ2v) is 7.83. The lowest BCUT2D eigenvalue weighted by molar-refractivity contribution is -0.0829. The molecule has 0 saturated carbocycles. The van der Waals surface area contributed by atoms with E-state index in [1.807, 2.05) is 48.5 Å². The number of nitrogens with zero attached hydrogens (tertiary/aromatic N) is 1. The van der Waals surface area contributed by atoms with Gasteiger partial charge in [0.25, 0.3) is 0 Å². The van der Waals surface area contributed by atoms with Gasteiger partial charge in [0.2, 0.25) is 0 Å². The van der Waals surface area contributed by atoms with Gasteiger partial charge in [-0.05, 0) is 37.5 Å². The Balaban J connectivity index is 1.63. The predicted octanol–water partition coefficient (Wildman–Crippen LogP) is 5.09. The van der Waals surface area contributed by atoms with E-state index in [9.17, 15) is 4.79 Å². The average Bonchev–Trinajstić information content (AvgIpc) is 2.75. The van der Waals surface area contributed by atoms with Crippen molar-refractivity contribution in [2.45, 2.75) is 51.4 Å². The molecule has 1 aliphatic rings. The van der Waals surface area contributed by atoms with E-state index in [-0.39, 0.29) is 18.7 Å². The Morgan fingerprint density at radius 3 is 2.52 bits per heavy atom. The van der Waals surface area contributed by atoms with Crippen molar-refractivity contribution in [2.24, 2.45) is 0 Å². The number of hydrogen-bond acceptors (Lipinski definition) is 4. The molecule has 5 heteroatoms. The Hall–Kier alpha value is -2.53. The number of anilines is 1. The zero-order chi connectivity index (χ0) is 20.5. The molecule has 2 atom stereocenters. The molecular formula is C24H32N2O3. The quantitative estimate of drug-likeness (QED) is 0.632. The zero-order valence-corrected chi connectivity index (χ0v) is 17.5. The third kappa shape index (κ3) is 5.97. The van der Waals surface area contributed by atoms with Crippen LogP contribution in [-0.4, -0.2) is 42.3 Å². The van der Waals surface area contributed by atoms with E-state index in [2.05, 4.69) is 31.3 Å². The molecule has 29 heavy (non-hydrogen) atoms. The highest BCUT2D eigenvalue weighted by molar-refractivity contribution is 5.68. The summed E-state index contributed by atoms with van der Waals surface area (Å²) in [6.07, 6.45) is 2.61. The number of nitrogens with one attached hydrogen (secondary N) is 1. The van der Waals surface area contributed by atoms with Gasteiger partial charge in [0.1, 0.15) is 12.2 Å². The summed E-state index contributed by atoms with van der Waals surface area (Å²) < 4.78 is 11.9. The molecule has 0 aromatic heterocycles. The molecule has 0 bridgehead atoms. The van der Waals surface area contributed by atoms with Gasteiger partial charge < -0.3 is 19.7 Å². The summed E-state index contributed by atoms with van der Waals surface area (Å²) in [4.78, 5) is 14.5. The van der Waals surface area contributed by atoms with E-state index in [0.29, 0.717) is 19.7 Å². The van der Waals surface area contributed by atoms with Gasteiger partial charge in [0.05, 0.1) is 12.6 Å². The van der Waals surface area contributed by atoms with Gasteiger partial charge in [-0.1, -0.05) is 61.9 Å². The predicted molar refractivity (Wildman–Crippen MR) is 116 cm³/mol. The fourth-order valence-electron chi connectivity index (χ4n) is 3.68. The minimum atomic E-state index is -0.477. The summed E-state index contributed by atoms with van der Waals surface area (Å²) in [6.45, 7) is 6.38. The third-order valence-electron chi connectivity index (χ3n) is 5.44. The summed E-state index contributed by atoms with van der Waals surface area (Å²) in [6, 6.07) is 20.1. The monoisotopic (exact) mass is 396 g/mol. The Labute approximate surface area is 174 Å². The standard InChI is InChI=1S/C24H32N2O3/c1-3-4-17-29-24(2)19-26(23(27)28-18-20-11-7-5-8-12-20)16-15-22(24)25-21-13-9-6-10-14-21/h5-14,22,25H,3-4,15-19H2,1-2H3/t22-,24+/m0/s1. The number of carbonyl (C=O) groups excluding carboxylic acids is 1. The van der Waals surface area contributed by atoms with E-state index in [1.165, 1.54) is 0 Å². The lowest BCUT2D eigenvalue weighted by Gasteiger charge is -2.46. The summed E-state index contributed by atoms with van der Waals surface area (Å²) in [5.41, 5.74) is 1.58. The second kappa shape index (κ2) is 10.3. The minimum absolute atomic E-state index is 0.125. The highest BCUT2D eigenvalue weighted by Crippen LogP contribution is 2.29. The van der Waals surface area contributed by atoms with Crippen molar-refractivity contribution in [1.29, 1.82) is 0 Å². The van der Waals surface area contributed by atoms with Crippen molar-refractivity contribution in [2.75, 3.05) is 25.0 Å². The lowest BCUT2D eigenvalue weighted by atomic mass is 9.88. The normalized spacial score (nSPS) is 21.6. The average molecular weight is 397 g/mol. The first kappa shape index (κ1) is 21.2. The van der Waals surface area contributed by atoms with Crippen molar-refractivity contribution >= 4 is 11.8 Å². The van der Waals surface area contributed by atoms with Crippen LogP contribution in [0.4, 0.5) is 10.5 Å². The number of likely N-dealkylation sites (tertiary alicyclic amines) is 1. The highest BCUT2D eigenvalue weighted by atomic mass is 16.6. The van der Waals surface area contributed by atoms with Crippen LogP contribution in [0.25, 0.3) is 0 Å². The number of unbranched alkanes of at least 4 members (excludes halogenated alkanes) is 1. The molecule has 156 valence electrons. The topological polar surface area (TPSA) is 50.8 Å². The summed E-state index contributed by atoms with van der Waals surface area (Å²) in [5.74, 6) is 0. The van der Waals surface area contributed by atoms with Crippen LogP contribution >= 0.6 is 0 Å². The first-order chi connectivity index (χ1) is 14.1. The SMILES string of the molecule is CCCCO[C@]1(C)CN(C(=O)OCc2ccccc2)CC[C@@H]1Nc1ccccc1. The van der Waals surface area contributed by atoms with E-state index in [1.54, 1.807) is 4.90 Å². The van der Waals surface area contributed by atoms with Crippen LogP contribution in [0.3, 0.4) is 0 Å². The molecule has 0 radical (unpaired) electrons. The van der Waals surface area contributed by atoms with Crippen LogP contribution in [0.1, 0.15) is 38.7 Å². The van der Waals surface area contributed by atoms with E-state index >= 15 is 0 Å². The molecule has 1 fully saturated rings. The summed E-state index contributed by atoms with van der Waals surface area (Å²) in [5, 5.41) is 3.61. The molecule has 1 aliphatic heterocycles. The van der Waals surface area contributed by atoms with Crippen LogP contribution in [-0.2, 0) is 16.1 Å². The smallest absolute Gasteiger partial charge is 0.410 e. The van der Waals surface area contributed by atoms with Crippen molar-refractivity contribution < 1.29 is 14.3 Å². The van der Waals surface area contributed by atoms with Gasteiger partial charge in [-0.2, -0.15) is 0 Å². The van der Waals surface area contributed by atoms with E-state index in [4.69, 9.17) is 9.47 Å². The van der Waals surface area contributed by atoms with Crippen LogP contribution in [0.15, 0.2) is 60.7 Å². The second-order valence-electron chi connectivity index (χ2n) is 7.83. The number of ether oxygens (including phenoxy) is 2. The van der Waals surface area contributed by atoms with Gasteiger partial charge >= 0.3 is 6.09 Å². The number of hydrogen-bond donors (Lipinski definition) is 1. The van der Waals surface area contributed by atoms with Gasteiger partial charge in [-0.3, -0.25) is 0 Å². The number of rotatable bonds is 8. The third-order valence-corrected chi connectivity index (χ3v) is 5.44. The maximum absolute atomic E-state index is 12.7. The fraction of sp³-hybridized carbons (Fsp3) is 0.458. The van der Waals surface area contributed by atoms with Crippen molar-refractivity contribution in [3.05, 3.63) is 66.2 Å². The summed E-state index contributed by atoms with van der Waals surface area (Å²) >= 11 is 0. The molecule has 2 aromatic rings. The largest absolute Gasteiger partial charge is 0.445 e. The molecule has 2 aromatic carbocycles. The number of piperidine rings is 1. The Bertz CT molecular complexity index is 753. The molecule has 1 amide bonds. The molecular weight excluding hydrogens is 364 g/mol. The van der Waals surface area contributed by atoms with Crippen LogP contribution in [0.5, 0.6) is 0 Å². The lowest BCUT2D eigenvalue weighted by Crippen LogP contribution is -2.60. The number of carbonyl (C=O) groups is 1. The number of benzene rings is 2. The van der Waals surface area contributed by atoms with Gasteiger partial charge in [0.15, 0.2) is 0 Å². The molecule has 3 rings (SSSR count). The van der Waals surface area contributed by atoms with Crippen molar-refractivity contribution in [3.63, 3.8) is 0 Å². The molecule has 5 nitrogen and oxygen atoms in total. The first-order valence-electron chi connectivity index (χ1n) is 10.5. The Kier molecular flexibility index (Phi) is 7.53. The maximum atomic E-state index is 12.7. The van der Waals surface area contributed by atoms with Crippen molar-refractivity contribution in [1.82, 2.24) is 4.90 Å². The minimum Gasteiger partial charge on any atom is -0.445 e. The molecule has 0 spiro atoms. The molecule has 0 aliphatic carbocycles. The van der Waals surface area contributed by atoms with E-state index in [0.717, 1.165) is 30.5 Å². The molecule has 1 heterocycles. The molecule has 0 unspecified atom stereocenters. The Morgan fingerprint density at radius 2 is 1.83 bits per heavy atom. The Morgan fingerprint density at radius 1 is 1.14 bits per heavy atom. The maximum Gasteiger partial charge on any atom is 0.410 e. The fourth-order valence-corrected chi connectivity index (χ4v) is 3.68. The van der Waals surface area contributed by atoms with Gasteiger partial charge in [-0.25, -0.2) is 4.79 Å². The summed E-state index contributed by atoms with van der Waals surface area (Å²) in [7, 11) is 0. The van der Waals surface area contributed by atoms with Crippen LogP contribution in [0.2, 0.25) is 0 Å². The van der Waals surface area contributed by atoms with Crippen molar-refractivity contribution in [3.8, 4) is 0 Å². The van der Waals surface area contributed by atoms with Crippen LogP contribution < -0.4 is 5.32 Å².